The predicted molar refractivity (Wildman–Crippen MR) is 425 cm³/mol. The highest BCUT2D eigenvalue weighted by molar-refractivity contribution is 6.41. The number of nitrogens with one attached hydrogen (secondary N) is 4. The average molecular weight is 1400 g/mol. The third-order valence-electron chi connectivity index (χ3n) is 22.6. The Morgan fingerprint density at radius 1 is 0.314 bits per heavy atom. The molecule has 2 aromatic heterocycles. The lowest BCUT2D eigenvalue weighted by Crippen LogP contribution is -2.41. The van der Waals surface area contributed by atoms with Crippen molar-refractivity contribution in [3.05, 3.63) is 70.8 Å². The van der Waals surface area contributed by atoms with Gasteiger partial charge in [0.15, 0.2) is 0 Å². The molecule has 0 aliphatic carbocycles. The minimum atomic E-state index is -0.333. The minimum Gasteiger partial charge on any atom is -0.354 e. The summed E-state index contributed by atoms with van der Waals surface area (Å²) in [6, 6.07) is 15.3. The number of benzene rings is 5. The highest BCUT2D eigenvalue weighted by Crippen LogP contribution is 2.46. The van der Waals surface area contributed by atoms with Crippen LogP contribution in [-0.4, -0.2) is 129 Å². The largest absolute Gasteiger partial charge is 0.354 e. The lowest BCUT2D eigenvalue weighted by Gasteiger charge is -2.31. The fraction of sp³-hybridized carbons (Fsp3) is 0.643. The summed E-state index contributed by atoms with van der Waals surface area (Å²) in [7, 11) is 0. The van der Waals surface area contributed by atoms with Crippen LogP contribution >= 0.6 is 0 Å². The maximum absolute atomic E-state index is 14.8. The van der Waals surface area contributed by atoms with Gasteiger partial charge >= 0.3 is 0 Å². The molecule has 0 radical (unpaired) electrons. The van der Waals surface area contributed by atoms with E-state index in [1.165, 1.54) is 99.7 Å². The third-order valence-corrected chi connectivity index (χ3v) is 22.6. The zero-order chi connectivity index (χ0) is 72.7. The number of hydrogen-bond donors (Lipinski definition) is 4. The summed E-state index contributed by atoms with van der Waals surface area (Å²) in [5.41, 5.74) is 1.90. The summed E-state index contributed by atoms with van der Waals surface area (Å²) in [5.74, 6) is 5.25. The first-order valence-corrected chi connectivity index (χ1v) is 40.6. The number of amides is 4. The van der Waals surface area contributed by atoms with Gasteiger partial charge < -0.3 is 31.1 Å². The molecule has 18 nitrogen and oxygen atoms in total. The van der Waals surface area contributed by atoms with Gasteiger partial charge in [-0.05, 0) is 143 Å². The lowest BCUT2D eigenvalue weighted by molar-refractivity contribution is 0.0594. The van der Waals surface area contributed by atoms with E-state index in [1.807, 2.05) is 48.5 Å². The quantitative estimate of drug-likeness (QED) is 0.0121. The molecule has 4 N–H and O–H groups in total. The van der Waals surface area contributed by atoms with Crippen molar-refractivity contribution in [2.24, 2.45) is 35.5 Å². The number of fused-ring (bicyclic) bond motifs is 2. The van der Waals surface area contributed by atoms with Crippen LogP contribution in [0, 0.1) is 35.5 Å². The van der Waals surface area contributed by atoms with Gasteiger partial charge in [-0.15, -0.1) is 0 Å². The number of anilines is 6. The zero-order valence-corrected chi connectivity index (χ0v) is 64.6. The number of hydrogen-bond acceptors (Lipinski definition) is 16. The van der Waals surface area contributed by atoms with Crippen molar-refractivity contribution in [1.82, 2.24) is 39.7 Å². The molecule has 0 fully saturated rings. The molecule has 7 aromatic rings. The van der Waals surface area contributed by atoms with Crippen LogP contribution < -0.4 is 31.1 Å². The van der Waals surface area contributed by atoms with Gasteiger partial charge in [0.2, 0.25) is 35.7 Å². The second-order valence-corrected chi connectivity index (χ2v) is 29.9. The molecule has 9 rings (SSSR count). The Hall–Kier alpha value is -7.50. The number of aromatic nitrogens is 6. The Bertz CT molecular complexity index is 3440. The molecule has 6 unspecified atom stereocenters. The first-order chi connectivity index (χ1) is 49.7. The molecule has 18 heteroatoms. The van der Waals surface area contributed by atoms with Crippen LogP contribution in [0.2, 0.25) is 0 Å². The molecule has 4 heterocycles. The summed E-state index contributed by atoms with van der Waals surface area (Å²) in [4.78, 5) is 97.4. The van der Waals surface area contributed by atoms with Crippen molar-refractivity contribution in [3.8, 4) is 0 Å². The predicted octanol–water partition coefficient (Wildman–Crippen LogP) is 20.0. The molecule has 556 valence electrons. The molecule has 0 saturated carbocycles. The molecule has 2 aliphatic heterocycles. The third kappa shape index (κ3) is 19.3. The van der Waals surface area contributed by atoms with Crippen LogP contribution in [0.3, 0.4) is 0 Å². The van der Waals surface area contributed by atoms with Gasteiger partial charge in [0.1, 0.15) is 0 Å². The molecular weight excluding hydrogens is 1270 g/mol. The van der Waals surface area contributed by atoms with E-state index >= 15 is 0 Å². The normalized spacial score (nSPS) is 14.9. The van der Waals surface area contributed by atoms with Crippen molar-refractivity contribution in [2.75, 3.05) is 96.5 Å². The summed E-state index contributed by atoms with van der Waals surface area (Å²) >= 11 is 0. The Morgan fingerprint density at radius 3 is 0.824 bits per heavy atom. The summed E-state index contributed by atoms with van der Waals surface area (Å²) < 4.78 is 0. The number of carbonyl (C=O) groups excluding carboxylic acids is 4. The molecule has 6 atom stereocenters. The van der Waals surface area contributed by atoms with Crippen molar-refractivity contribution < 1.29 is 19.2 Å². The molecule has 102 heavy (non-hydrogen) atoms. The molecule has 0 spiro atoms. The zero-order valence-electron chi connectivity index (χ0n) is 64.6. The van der Waals surface area contributed by atoms with E-state index in [0.29, 0.717) is 130 Å². The monoisotopic (exact) mass is 1400 g/mol. The van der Waals surface area contributed by atoms with E-state index in [-0.39, 0.29) is 36.7 Å². The number of nitrogens with zero attached hydrogens (tertiary/aromatic N) is 10. The van der Waals surface area contributed by atoms with Gasteiger partial charge in [-0.3, -0.25) is 29.0 Å². The summed E-state index contributed by atoms with van der Waals surface area (Å²) in [6.45, 7) is 33.6. The van der Waals surface area contributed by atoms with Crippen LogP contribution in [0.1, 0.15) is 291 Å². The first-order valence-electron chi connectivity index (χ1n) is 40.6. The highest BCUT2D eigenvalue weighted by Gasteiger charge is 2.37. The molecule has 5 aromatic carbocycles. The van der Waals surface area contributed by atoms with E-state index < -0.39 is 0 Å². The van der Waals surface area contributed by atoms with Gasteiger partial charge in [0.05, 0.1) is 0 Å². The van der Waals surface area contributed by atoms with E-state index in [1.54, 1.807) is 0 Å². The van der Waals surface area contributed by atoms with Gasteiger partial charge in [0, 0.05) is 98.5 Å². The number of imide groups is 2. The van der Waals surface area contributed by atoms with E-state index in [9.17, 15) is 19.2 Å². The first kappa shape index (κ1) is 78.6. The van der Waals surface area contributed by atoms with Crippen LogP contribution in [-0.2, 0) is 0 Å². The average Bonchev–Trinajstić information content (AvgIpc) is 0.692. The van der Waals surface area contributed by atoms with Crippen LogP contribution in [0.4, 0.5) is 35.7 Å². The fourth-order valence-corrected chi connectivity index (χ4v) is 15.7. The Labute approximate surface area is 611 Å². The van der Waals surface area contributed by atoms with Gasteiger partial charge in [-0.2, -0.15) is 29.9 Å². The van der Waals surface area contributed by atoms with E-state index in [0.717, 1.165) is 136 Å². The summed E-state index contributed by atoms with van der Waals surface area (Å²) in [5, 5.41) is 20.6. The lowest BCUT2D eigenvalue weighted by atomic mass is 9.82. The maximum atomic E-state index is 14.8. The van der Waals surface area contributed by atoms with Crippen molar-refractivity contribution in [2.45, 2.75) is 250 Å². The second-order valence-electron chi connectivity index (χ2n) is 29.9. The highest BCUT2D eigenvalue weighted by atomic mass is 16.2. The molecule has 2 aliphatic rings. The Kier molecular flexibility index (Phi) is 30.4. The SMILES string of the molecule is CCCCC(CC)CNc1nc(NCCCN2C(=O)c3ccc4c5ccc6c7c(ccc(c8ccc(c3c48)C2=O)c75)C(=O)N(CCCNc2nc(NCC(CC)CCCC)nc(N(CC(CC)CCCC)CC(CC)CCCC)n2)C6=O)nc(N(CC(CC)CCCC)CC(CC)CCCC)n1. The van der Waals surface area contributed by atoms with Gasteiger partial charge in [-0.25, -0.2) is 0 Å². The smallest absolute Gasteiger partial charge is 0.261 e. The van der Waals surface area contributed by atoms with E-state index in [4.69, 9.17) is 29.9 Å². The summed E-state index contributed by atoms with van der Waals surface area (Å²) in [6.07, 6.45) is 28.6. The van der Waals surface area contributed by atoms with Gasteiger partial charge in [-0.1, -0.05) is 223 Å². The fourth-order valence-electron chi connectivity index (χ4n) is 15.7. The van der Waals surface area contributed by atoms with Crippen molar-refractivity contribution >= 4 is 102 Å². The molecule has 0 bridgehead atoms. The molecule has 4 amide bonds. The molecule has 0 saturated heterocycles. The van der Waals surface area contributed by atoms with Crippen LogP contribution in [0.15, 0.2) is 48.5 Å². The van der Waals surface area contributed by atoms with Gasteiger partial charge in [0.25, 0.3) is 23.6 Å². The standard InChI is InChI=1S/C84H126N14O4/c1-13-25-33-57(19-7)51-87-81-89-79(91-83(93-81)95(53-59(21-9)35-27-15-3)54-60(22-10)36-28-16-4)85-47-31-49-97-75(99)67-43-39-63-65-41-45-69-74-70(46-42-66(72(65)74)64-40-44-68(76(97)100)73(67)71(63)64)78(102)98(77(69)101)50-32-48-86-80-90-82(88-52-58(20-8)34-26-14-2)94-84(92-80)96(55-61(23-11)37-29-17-5)56-62(24-12)38-30-18-6/h39-46,57-62H,13-38,47-56H2,1-12H3,(H2,85,87,89,91,93)(H2,86,88,90,92,94). The number of unbranched alkanes of at least 4 members (excludes halogenated alkanes) is 6. The van der Waals surface area contributed by atoms with Crippen LogP contribution in [0.25, 0.3) is 43.1 Å². The Morgan fingerprint density at radius 2 is 0.569 bits per heavy atom. The van der Waals surface area contributed by atoms with E-state index in [2.05, 4.69) is 114 Å². The van der Waals surface area contributed by atoms with Crippen LogP contribution in [0.5, 0.6) is 0 Å². The number of carbonyl (C=O) groups is 4. The van der Waals surface area contributed by atoms with Crippen molar-refractivity contribution in [3.63, 3.8) is 0 Å². The maximum Gasteiger partial charge on any atom is 0.261 e. The molecular formula is C84H126N14O4. The van der Waals surface area contributed by atoms with Crippen molar-refractivity contribution in [1.29, 1.82) is 0 Å². The number of rotatable bonds is 50. The topological polar surface area (TPSA) is 207 Å². The second kappa shape index (κ2) is 39.4. The Balaban J connectivity index is 0.923. The minimum absolute atomic E-state index is 0.197.